The molecule has 2 aromatic rings. The van der Waals surface area contributed by atoms with Crippen LogP contribution in [0.15, 0.2) is 42.0 Å². The lowest BCUT2D eigenvalue weighted by Crippen LogP contribution is -2.24. The Hall–Kier alpha value is -1.97. The second-order valence-electron chi connectivity index (χ2n) is 5.53. The van der Waals surface area contributed by atoms with Crippen molar-refractivity contribution in [2.24, 2.45) is 0 Å². The maximum Gasteiger partial charge on any atom is 0.189 e. The molecular formula is C18H19NO2. The van der Waals surface area contributed by atoms with Crippen LogP contribution in [0.3, 0.4) is 0 Å². The predicted molar refractivity (Wildman–Crippen MR) is 85.5 cm³/mol. The van der Waals surface area contributed by atoms with Gasteiger partial charge in [-0.05, 0) is 30.5 Å². The summed E-state index contributed by atoms with van der Waals surface area (Å²) in [6.07, 6.45) is 2.73. The summed E-state index contributed by atoms with van der Waals surface area (Å²) in [5.41, 5.74) is 2.79. The summed E-state index contributed by atoms with van der Waals surface area (Å²) in [6, 6.07) is 12.0. The van der Waals surface area contributed by atoms with E-state index in [1.807, 2.05) is 48.4 Å². The zero-order chi connectivity index (χ0) is 14.8. The number of nitrogens with zero attached hydrogens (tertiary/aromatic N) is 1. The van der Waals surface area contributed by atoms with Gasteiger partial charge < -0.3 is 10.0 Å². The molecule has 0 saturated carbocycles. The Balaban J connectivity index is 1.93. The van der Waals surface area contributed by atoms with Crippen LogP contribution in [0.1, 0.15) is 22.3 Å². The molecule has 108 valence electrons. The molecule has 0 heterocycles. The van der Waals surface area contributed by atoms with Crippen molar-refractivity contribution in [3.8, 4) is 0 Å². The van der Waals surface area contributed by atoms with Crippen LogP contribution in [0, 0.1) is 0 Å². The number of carbonyl (C=O) groups excluding carboxylic acids is 1. The lowest BCUT2D eigenvalue weighted by atomic mass is 9.87. The van der Waals surface area contributed by atoms with E-state index in [1.165, 1.54) is 0 Å². The van der Waals surface area contributed by atoms with Crippen molar-refractivity contribution in [1.29, 1.82) is 0 Å². The first kappa shape index (κ1) is 14.0. The maximum absolute atomic E-state index is 12.6. The van der Waals surface area contributed by atoms with Gasteiger partial charge in [0.1, 0.15) is 0 Å². The molecule has 0 atom stereocenters. The van der Waals surface area contributed by atoms with Gasteiger partial charge in [0, 0.05) is 29.6 Å². The van der Waals surface area contributed by atoms with E-state index in [0.717, 1.165) is 34.0 Å². The zero-order valence-electron chi connectivity index (χ0n) is 12.2. The van der Waals surface area contributed by atoms with Crippen LogP contribution < -0.4 is 0 Å². The Morgan fingerprint density at radius 1 is 1.10 bits per heavy atom. The molecule has 0 spiro atoms. The minimum absolute atomic E-state index is 0.136. The van der Waals surface area contributed by atoms with E-state index in [9.17, 15) is 4.79 Å². The molecule has 1 aliphatic carbocycles. The summed E-state index contributed by atoms with van der Waals surface area (Å²) in [5.74, 6) is 0.136. The average Bonchev–Trinajstić information content (AvgIpc) is 2.50. The van der Waals surface area contributed by atoms with Crippen LogP contribution in [0.4, 0.5) is 0 Å². The monoisotopic (exact) mass is 281 g/mol. The highest BCUT2D eigenvalue weighted by atomic mass is 16.3. The fourth-order valence-electron chi connectivity index (χ4n) is 2.89. The van der Waals surface area contributed by atoms with E-state index in [4.69, 9.17) is 5.11 Å². The fourth-order valence-corrected chi connectivity index (χ4v) is 2.89. The molecule has 21 heavy (non-hydrogen) atoms. The Bertz CT molecular complexity index is 713. The molecule has 0 saturated heterocycles. The Morgan fingerprint density at radius 3 is 2.62 bits per heavy atom. The second kappa shape index (κ2) is 5.80. The summed E-state index contributed by atoms with van der Waals surface area (Å²) in [7, 11) is 1.96. The van der Waals surface area contributed by atoms with E-state index < -0.39 is 0 Å². The summed E-state index contributed by atoms with van der Waals surface area (Å²) < 4.78 is 0. The van der Waals surface area contributed by atoms with Crippen LogP contribution in [-0.4, -0.2) is 42.5 Å². The molecule has 0 aliphatic heterocycles. The third-order valence-electron chi connectivity index (χ3n) is 4.05. The number of likely N-dealkylation sites (N-methyl/N-ethyl adjacent to an activating group) is 1. The maximum atomic E-state index is 12.6. The number of Topliss-reactive ketones (excluding diaryl/α,β-unsaturated/α-hetero) is 1. The van der Waals surface area contributed by atoms with Gasteiger partial charge >= 0.3 is 0 Å². The number of rotatable bonds is 5. The molecule has 0 unspecified atom stereocenters. The summed E-state index contributed by atoms with van der Waals surface area (Å²) >= 11 is 0. The SMILES string of the molecule is CN(CCO)CCC1=Cc2cccc3cccc(c23)C1=O. The van der Waals surface area contributed by atoms with Gasteiger partial charge in [-0.15, -0.1) is 0 Å². The Morgan fingerprint density at radius 2 is 1.86 bits per heavy atom. The Kier molecular flexibility index (Phi) is 3.86. The summed E-state index contributed by atoms with van der Waals surface area (Å²) in [6.45, 7) is 1.55. The van der Waals surface area contributed by atoms with Gasteiger partial charge in [-0.3, -0.25) is 4.79 Å². The normalized spacial score (nSPS) is 13.9. The minimum atomic E-state index is 0.136. The molecule has 0 bridgehead atoms. The van der Waals surface area contributed by atoms with E-state index >= 15 is 0 Å². The lowest BCUT2D eigenvalue weighted by molar-refractivity contribution is 0.103. The van der Waals surface area contributed by atoms with Crippen LogP contribution in [-0.2, 0) is 0 Å². The molecule has 1 N–H and O–H groups in total. The van der Waals surface area contributed by atoms with E-state index in [-0.39, 0.29) is 12.4 Å². The predicted octanol–water partition coefficient (Wildman–Crippen LogP) is 2.73. The second-order valence-corrected chi connectivity index (χ2v) is 5.53. The summed E-state index contributed by atoms with van der Waals surface area (Å²) in [4.78, 5) is 14.7. The van der Waals surface area contributed by atoms with E-state index in [1.54, 1.807) is 0 Å². The van der Waals surface area contributed by atoms with Crippen molar-refractivity contribution in [2.45, 2.75) is 6.42 Å². The minimum Gasteiger partial charge on any atom is -0.395 e. The first-order valence-electron chi connectivity index (χ1n) is 7.27. The number of carbonyl (C=O) groups is 1. The third-order valence-corrected chi connectivity index (χ3v) is 4.05. The largest absolute Gasteiger partial charge is 0.395 e. The van der Waals surface area contributed by atoms with Crippen molar-refractivity contribution in [1.82, 2.24) is 4.90 Å². The average molecular weight is 281 g/mol. The van der Waals surface area contributed by atoms with Crippen LogP contribution >= 0.6 is 0 Å². The molecule has 3 heteroatoms. The molecule has 2 aromatic carbocycles. The van der Waals surface area contributed by atoms with Crippen LogP contribution in [0.5, 0.6) is 0 Å². The van der Waals surface area contributed by atoms with Gasteiger partial charge in [0.25, 0.3) is 0 Å². The highest BCUT2D eigenvalue weighted by Gasteiger charge is 2.21. The van der Waals surface area contributed by atoms with Gasteiger partial charge in [0.2, 0.25) is 0 Å². The smallest absolute Gasteiger partial charge is 0.189 e. The number of hydrogen-bond acceptors (Lipinski definition) is 3. The van der Waals surface area contributed by atoms with Crippen molar-refractivity contribution < 1.29 is 9.90 Å². The molecule has 1 aliphatic rings. The number of aliphatic hydroxyl groups excluding tert-OH is 1. The van der Waals surface area contributed by atoms with Gasteiger partial charge in [0.05, 0.1) is 6.61 Å². The van der Waals surface area contributed by atoms with E-state index in [2.05, 4.69) is 6.07 Å². The first-order chi connectivity index (χ1) is 10.2. The zero-order valence-corrected chi connectivity index (χ0v) is 12.2. The van der Waals surface area contributed by atoms with Crippen LogP contribution in [0.25, 0.3) is 16.8 Å². The van der Waals surface area contributed by atoms with Gasteiger partial charge in [-0.25, -0.2) is 0 Å². The Labute approximate surface area is 124 Å². The molecule has 0 aromatic heterocycles. The van der Waals surface area contributed by atoms with Gasteiger partial charge in [-0.1, -0.05) is 36.4 Å². The molecular weight excluding hydrogens is 262 g/mol. The molecule has 0 fully saturated rings. The lowest BCUT2D eigenvalue weighted by Gasteiger charge is -2.19. The standard InChI is InChI=1S/C18H19NO2/c1-19(10-11-20)9-8-15-12-14-6-2-4-13-5-3-7-16(17(13)14)18(15)21/h2-7,12,20H,8-11H2,1H3. The first-order valence-corrected chi connectivity index (χ1v) is 7.27. The molecule has 0 radical (unpaired) electrons. The van der Waals surface area contributed by atoms with Crippen molar-refractivity contribution >= 4 is 22.6 Å². The van der Waals surface area contributed by atoms with Crippen molar-refractivity contribution in [2.75, 3.05) is 26.7 Å². The van der Waals surface area contributed by atoms with Gasteiger partial charge in [0.15, 0.2) is 5.78 Å². The highest BCUT2D eigenvalue weighted by Crippen LogP contribution is 2.32. The quantitative estimate of drug-likeness (QED) is 0.916. The molecule has 0 amide bonds. The number of aliphatic hydroxyl groups is 1. The number of hydrogen-bond donors (Lipinski definition) is 1. The third kappa shape index (κ3) is 2.62. The highest BCUT2D eigenvalue weighted by molar-refractivity contribution is 6.22. The van der Waals surface area contributed by atoms with Crippen molar-refractivity contribution in [3.05, 3.63) is 53.1 Å². The topological polar surface area (TPSA) is 40.5 Å². The van der Waals surface area contributed by atoms with E-state index in [0.29, 0.717) is 13.0 Å². The molecule has 3 rings (SSSR count). The van der Waals surface area contributed by atoms with Crippen molar-refractivity contribution in [3.63, 3.8) is 0 Å². The van der Waals surface area contributed by atoms with Gasteiger partial charge in [-0.2, -0.15) is 0 Å². The number of benzene rings is 2. The fraction of sp³-hybridized carbons (Fsp3) is 0.278. The molecule has 3 nitrogen and oxygen atoms in total. The summed E-state index contributed by atoms with van der Waals surface area (Å²) in [5, 5.41) is 11.1. The van der Waals surface area contributed by atoms with Crippen LogP contribution in [0.2, 0.25) is 0 Å². The number of ketones is 1.